The van der Waals surface area contributed by atoms with E-state index in [0.29, 0.717) is 24.6 Å². The number of hydrogen-bond acceptors (Lipinski definition) is 4. The van der Waals surface area contributed by atoms with Crippen molar-refractivity contribution < 1.29 is 9.53 Å². The number of carbonyl (C=O) groups excluding carboxylic acids is 1. The van der Waals surface area contributed by atoms with Crippen LogP contribution < -0.4 is 21.3 Å². The van der Waals surface area contributed by atoms with Crippen LogP contribution in [0, 0.1) is 6.92 Å². The van der Waals surface area contributed by atoms with Crippen molar-refractivity contribution in [2.75, 3.05) is 11.9 Å². The van der Waals surface area contributed by atoms with Crippen molar-refractivity contribution in [3.63, 3.8) is 0 Å². The number of hydrogen-bond donors (Lipinski definition) is 1. The summed E-state index contributed by atoms with van der Waals surface area (Å²) in [4.78, 5) is 37.6. The highest BCUT2D eigenvalue weighted by atomic mass is 16.5. The summed E-state index contributed by atoms with van der Waals surface area (Å²) in [5.74, 6) is 0.0870. The summed E-state index contributed by atoms with van der Waals surface area (Å²) >= 11 is 0. The Morgan fingerprint density at radius 2 is 1.83 bits per heavy atom. The Hall–Kier alpha value is -3.61. The highest BCUT2D eigenvalue weighted by molar-refractivity contribution is 5.92. The Morgan fingerprint density at radius 3 is 2.57 bits per heavy atom. The Bertz CT molecular complexity index is 1130. The standard InChI is InChI=1S/C23H25N3O4/c1-3-13-30-20-14-17(2)9-10-19(20)24-21(27)16-26-22(28)11-12-25(23(26)29)15-18-7-5-4-6-8-18/h4-12,14H,3,13,15-16H2,1-2H3,(H,24,27). The average Bonchev–Trinajstić information content (AvgIpc) is 2.74. The SMILES string of the molecule is CCCOc1cc(C)ccc1NC(=O)Cn1c(=O)ccn(Cc2ccccc2)c1=O. The van der Waals surface area contributed by atoms with E-state index >= 15 is 0 Å². The lowest BCUT2D eigenvalue weighted by molar-refractivity contribution is -0.116. The van der Waals surface area contributed by atoms with Crippen molar-refractivity contribution in [2.45, 2.75) is 33.4 Å². The molecule has 0 radical (unpaired) electrons. The second kappa shape index (κ2) is 9.73. The molecule has 1 aromatic heterocycles. The first-order valence-electron chi connectivity index (χ1n) is 9.85. The summed E-state index contributed by atoms with van der Waals surface area (Å²) in [6.45, 7) is 4.39. The van der Waals surface area contributed by atoms with E-state index in [1.807, 2.05) is 56.3 Å². The van der Waals surface area contributed by atoms with Crippen LogP contribution in [0.1, 0.15) is 24.5 Å². The molecule has 7 heteroatoms. The maximum Gasteiger partial charge on any atom is 0.331 e. The van der Waals surface area contributed by atoms with Crippen molar-refractivity contribution in [1.29, 1.82) is 0 Å². The molecule has 156 valence electrons. The van der Waals surface area contributed by atoms with Crippen molar-refractivity contribution in [2.24, 2.45) is 0 Å². The highest BCUT2D eigenvalue weighted by Crippen LogP contribution is 2.25. The zero-order chi connectivity index (χ0) is 21.5. The summed E-state index contributed by atoms with van der Waals surface area (Å²) in [6.07, 6.45) is 2.28. The molecule has 30 heavy (non-hydrogen) atoms. The van der Waals surface area contributed by atoms with Gasteiger partial charge in [-0.15, -0.1) is 0 Å². The van der Waals surface area contributed by atoms with Crippen LogP contribution in [0.25, 0.3) is 0 Å². The Morgan fingerprint density at radius 1 is 1.07 bits per heavy atom. The number of aromatic nitrogens is 2. The third-order valence-electron chi connectivity index (χ3n) is 4.51. The lowest BCUT2D eigenvalue weighted by Gasteiger charge is -2.14. The molecule has 2 aromatic carbocycles. The van der Waals surface area contributed by atoms with Crippen LogP contribution in [-0.2, 0) is 17.9 Å². The fraction of sp³-hybridized carbons (Fsp3) is 0.261. The lowest BCUT2D eigenvalue weighted by Crippen LogP contribution is -2.41. The normalized spacial score (nSPS) is 10.6. The highest BCUT2D eigenvalue weighted by Gasteiger charge is 2.13. The lowest BCUT2D eigenvalue weighted by atomic mass is 10.2. The maximum absolute atomic E-state index is 12.8. The molecule has 3 rings (SSSR count). The number of amides is 1. The molecule has 1 amide bonds. The number of rotatable bonds is 8. The van der Waals surface area contributed by atoms with E-state index in [-0.39, 0.29) is 6.54 Å². The minimum atomic E-state index is -0.534. The zero-order valence-electron chi connectivity index (χ0n) is 17.1. The largest absolute Gasteiger partial charge is 0.491 e. The van der Waals surface area contributed by atoms with Crippen molar-refractivity contribution >= 4 is 11.6 Å². The van der Waals surface area contributed by atoms with Gasteiger partial charge in [0.05, 0.1) is 18.8 Å². The molecule has 0 fully saturated rings. The smallest absolute Gasteiger partial charge is 0.331 e. The molecule has 7 nitrogen and oxygen atoms in total. The maximum atomic E-state index is 12.8. The number of carbonyl (C=O) groups is 1. The molecule has 0 aliphatic heterocycles. The van der Waals surface area contributed by atoms with E-state index in [0.717, 1.165) is 22.1 Å². The van der Waals surface area contributed by atoms with Crippen molar-refractivity contribution in [3.8, 4) is 5.75 Å². The van der Waals surface area contributed by atoms with Crippen molar-refractivity contribution in [1.82, 2.24) is 9.13 Å². The first-order valence-corrected chi connectivity index (χ1v) is 9.85. The van der Waals surface area contributed by atoms with Crippen molar-refractivity contribution in [3.05, 3.63) is 92.8 Å². The molecule has 0 unspecified atom stereocenters. The predicted molar refractivity (Wildman–Crippen MR) is 116 cm³/mol. The average molecular weight is 407 g/mol. The number of ether oxygens (including phenoxy) is 1. The summed E-state index contributed by atoms with van der Waals surface area (Å²) in [5, 5.41) is 2.75. The summed E-state index contributed by atoms with van der Waals surface area (Å²) < 4.78 is 8.04. The van der Waals surface area contributed by atoms with Gasteiger partial charge in [0.2, 0.25) is 5.91 Å². The number of nitrogens with one attached hydrogen (secondary N) is 1. The van der Waals surface area contributed by atoms with Gasteiger partial charge in [-0.05, 0) is 36.6 Å². The quantitative estimate of drug-likeness (QED) is 0.623. The van der Waals surface area contributed by atoms with Crippen LogP contribution in [0.2, 0.25) is 0 Å². The molecule has 0 saturated carbocycles. The Labute approximate surface area is 174 Å². The van der Waals surface area contributed by atoms with Crippen LogP contribution in [0.3, 0.4) is 0 Å². The van der Waals surface area contributed by atoms with Crippen LogP contribution in [0.5, 0.6) is 5.75 Å². The molecular formula is C23H25N3O4. The van der Waals surface area contributed by atoms with E-state index in [4.69, 9.17) is 4.74 Å². The minimum absolute atomic E-state index is 0.314. The molecule has 0 atom stereocenters. The third kappa shape index (κ3) is 5.26. The summed E-state index contributed by atoms with van der Waals surface area (Å²) in [7, 11) is 0. The first-order chi connectivity index (χ1) is 14.5. The number of benzene rings is 2. The Kier molecular flexibility index (Phi) is 6.85. The number of anilines is 1. The molecule has 0 bridgehead atoms. The van der Waals surface area contributed by atoms with Gasteiger partial charge in [-0.3, -0.25) is 18.7 Å². The van der Waals surface area contributed by atoms with Gasteiger partial charge in [-0.1, -0.05) is 43.3 Å². The second-order valence-corrected chi connectivity index (χ2v) is 7.03. The third-order valence-corrected chi connectivity index (χ3v) is 4.51. The van der Waals surface area contributed by atoms with Crippen LogP contribution in [-0.4, -0.2) is 21.6 Å². The molecule has 0 saturated heterocycles. The zero-order valence-corrected chi connectivity index (χ0v) is 17.1. The van der Waals surface area contributed by atoms with E-state index < -0.39 is 17.2 Å². The predicted octanol–water partition coefficient (Wildman–Crippen LogP) is 2.79. The molecule has 3 aromatic rings. The van der Waals surface area contributed by atoms with Crippen LogP contribution in [0.15, 0.2) is 70.4 Å². The molecule has 1 N–H and O–H groups in total. The van der Waals surface area contributed by atoms with Gasteiger partial charge in [0.1, 0.15) is 12.3 Å². The fourth-order valence-corrected chi connectivity index (χ4v) is 3.00. The van der Waals surface area contributed by atoms with Gasteiger partial charge in [0, 0.05) is 12.3 Å². The molecule has 0 aliphatic carbocycles. The second-order valence-electron chi connectivity index (χ2n) is 7.03. The van der Waals surface area contributed by atoms with Gasteiger partial charge >= 0.3 is 5.69 Å². The van der Waals surface area contributed by atoms with Gasteiger partial charge < -0.3 is 10.1 Å². The van der Waals surface area contributed by atoms with Gasteiger partial charge in [0.15, 0.2) is 0 Å². The van der Waals surface area contributed by atoms with Gasteiger partial charge in [0.25, 0.3) is 5.56 Å². The van der Waals surface area contributed by atoms with Gasteiger partial charge in [-0.2, -0.15) is 0 Å². The molecular weight excluding hydrogens is 382 g/mol. The number of aryl methyl sites for hydroxylation is 1. The molecule has 1 heterocycles. The topological polar surface area (TPSA) is 82.3 Å². The van der Waals surface area contributed by atoms with Gasteiger partial charge in [-0.25, -0.2) is 4.79 Å². The van der Waals surface area contributed by atoms with E-state index in [1.165, 1.54) is 16.8 Å². The monoisotopic (exact) mass is 407 g/mol. The van der Waals surface area contributed by atoms with E-state index in [1.54, 1.807) is 6.07 Å². The van der Waals surface area contributed by atoms with E-state index in [2.05, 4.69) is 5.32 Å². The van der Waals surface area contributed by atoms with Crippen LogP contribution >= 0.6 is 0 Å². The first kappa shape index (κ1) is 21.1. The van der Waals surface area contributed by atoms with Crippen LogP contribution in [0.4, 0.5) is 5.69 Å². The summed E-state index contributed by atoms with van der Waals surface area (Å²) in [5.41, 5.74) is 1.38. The molecule has 0 spiro atoms. The fourth-order valence-electron chi connectivity index (χ4n) is 3.00. The summed E-state index contributed by atoms with van der Waals surface area (Å²) in [6, 6.07) is 16.2. The minimum Gasteiger partial charge on any atom is -0.491 e. The number of nitrogens with zero attached hydrogens (tertiary/aromatic N) is 2. The van der Waals surface area contributed by atoms with E-state index in [9.17, 15) is 14.4 Å². The molecule has 0 aliphatic rings. The Balaban J connectivity index is 1.80.